The van der Waals surface area contributed by atoms with Gasteiger partial charge in [0, 0.05) is 6.42 Å². The predicted octanol–water partition coefficient (Wildman–Crippen LogP) is 4.99. The van der Waals surface area contributed by atoms with E-state index in [1.807, 2.05) is 12.8 Å². The summed E-state index contributed by atoms with van der Waals surface area (Å²) in [6.07, 6.45) is 18.4. The molecule has 0 spiro atoms. The zero-order valence-corrected chi connectivity index (χ0v) is 25.3. The van der Waals surface area contributed by atoms with Gasteiger partial charge in [-0.15, -0.1) is 0 Å². The Morgan fingerprint density at radius 3 is 2.54 bits per heavy atom. The van der Waals surface area contributed by atoms with Crippen LogP contribution in [0.4, 0.5) is 0 Å². The van der Waals surface area contributed by atoms with Crippen LogP contribution < -0.4 is 11.4 Å². The maximum atomic E-state index is 13.9. The lowest BCUT2D eigenvalue weighted by atomic mass is 9.60. The van der Waals surface area contributed by atoms with Crippen molar-refractivity contribution in [1.82, 2.24) is 13.9 Å². The van der Waals surface area contributed by atoms with Crippen molar-refractivity contribution in [3.63, 3.8) is 0 Å². The van der Waals surface area contributed by atoms with Crippen LogP contribution >= 0.6 is 0 Å². The number of hydrogen-bond donors (Lipinski definition) is 2. The third kappa shape index (κ3) is 5.07. The summed E-state index contributed by atoms with van der Waals surface area (Å²) < 4.78 is 4.38. The van der Waals surface area contributed by atoms with E-state index in [4.69, 9.17) is 0 Å². The summed E-state index contributed by atoms with van der Waals surface area (Å²) in [5, 5.41) is 21.7. The number of aliphatic hydroxyl groups is 2. The number of rotatable bonds is 7. The van der Waals surface area contributed by atoms with E-state index >= 15 is 0 Å². The third-order valence-corrected chi connectivity index (χ3v) is 11.2. The van der Waals surface area contributed by atoms with Gasteiger partial charge in [-0.2, -0.15) is 0 Å². The largest absolute Gasteiger partial charge is 0.393 e. The molecule has 5 radical (unpaired) electrons. The lowest BCUT2D eigenvalue weighted by Gasteiger charge is -2.45. The fraction of sp³-hybridized carbons (Fsp3) is 0.676. The van der Waals surface area contributed by atoms with E-state index in [9.17, 15) is 19.8 Å². The number of aliphatic hydroxyl groups excluding tert-OH is 2. The van der Waals surface area contributed by atoms with Gasteiger partial charge in [-0.05, 0) is 104 Å². The van der Waals surface area contributed by atoms with Crippen LogP contribution in [-0.2, 0) is 6.54 Å². The highest BCUT2D eigenvalue weighted by molar-refractivity contribution is 5.37. The molecule has 3 saturated carbocycles. The molecule has 2 heterocycles. The zero-order chi connectivity index (χ0) is 29.1. The minimum absolute atomic E-state index is 0.182. The summed E-state index contributed by atoms with van der Waals surface area (Å²) in [4.78, 5) is 27.6. The summed E-state index contributed by atoms with van der Waals surface area (Å²) in [7, 11) is 0. The molecule has 7 unspecified atom stereocenters. The quantitative estimate of drug-likeness (QED) is 0.458. The second kappa shape index (κ2) is 11.3. The fourth-order valence-electron chi connectivity index (χ4n) is 9.19. The van der Waals surface area contributed by atoms with Crippen molar-refractivity contribution in [1.29, 1.82) is 0 Å². The molecule has 1 aromatic rings. The summed E-state index contributed by atoms with van der Waals surface area (Å²) in [5.41, 5.74) is 2.61. The molecule has 7 atom stereocenters. The molecule has 6 rings (SSSR count). The number of fused-ring (bicyclic) bond motifs is 2. The molecule has 3 fully saturated rings. The molecule has 4 aliphatic carbocycles. The van der Waals surface area contributed by atoms with Crippen LogP contribution in [0, 0.1) is 60.8 Å². The monoisotopic (exact) mass is 562 g/mol. The predicted molar refractivity (Wildman–Crippen MR) is 160 cm³/mol. The van der Waals surface area contributed by atoms with Crippen LogP contribution in [0.25, 0.3) is 0 Å². The first kappa shape index (κ1) is 29.2. The minimum Gasteiger partial charge on any atom is -0.393 e. The van der Waals surface area contributed by atoms with Crippen molar-refractivity contribution in [2.24, 2.45) is 29.1 Å². The molecule has 7 heteroatoms. The van der Waals surface area contributed by atoms with E-state index in [2.05, 4.69) is 33.8 Å². The van der Waals surface area contributed by atoms with Crippen molar-refractivity contribution < 1.29 is 10.2 Å². The number of nitrogens with zero attached hydrogens (tertiary/aromatic N) is 3. The average molecular weight is 563 g/mol. The van der Waals surface area contributed by atoms with Gasteiger partial charge in [0.1, 0.15) is 0 Å². The van der Waals surface area contributed by atoms with Crippen molar-refractivity contribution >= 4 is 0 Å². The van der Waals surface area contributed by atoms with Gasteiger partial charge in [0.25, 0.3) is 0 Å². The van der Waals surface area contributed by atoms with Gasteiger partial charge in [0.2, 0.25) is 0 Å². The average Bonchev–Trinajstić information content (AvgIpc) is 3.61. The highest BCUT2D eigenvalue weighted by Gasteiger charge is 2.51. The third-order valence-electron chi connectivity index (χ3n) is 11.2. The molecule has 1 aromatic heterocycles. The fourth-order valence-corrected chi connectivity index (χ4v) is 9.19. The number of hydrogen-bond acceptors (Lipinski definition) is 4. The van der Waals surface area contributed by atoms with Gasteiger partial charge >= 0.3 is 11.4 Å². The van der Waals surface area contributed by atoms with Gasteiger partial charge < -0.3 is 10.2 Å². The van der Waals surface area contributed by atoms with Crippen LogP contribution in [-0.4, -0.2) is 36.4 Å². The van der Waals surface area contributed by atoms with E-state index in [1.165, 1.54) is 53.3 Å². The molecule has 2 N–H and O–H groups in total. The lowest BCUT2D eigenvalue weighted by molar-refractivity contribution is 0.0755. The maximum absolute atomic E-state index is 13.9. The molecular formula is C34H48N3O4. The van der Waals surface area contributed by atoms with Gasteiger partial charge in [-0.25, -0.2) is 23.5 Å². The minimum atomic E-state index is -0.813. The Hall–Kier alpha value is -1.86. The molecular weight excluding hydrogens is 514 g/mol. The van der Waals surface area contributed by atoms with E-state index in [1.54, 1.807) is 17.5 Å². The lowest BCUT2D eigenvalue weighted by Crippen LogP contribution is -2.42. The van der Waals surface area contributed by atoms with Gasteiger partial charge in [-0.1, -0.05) is 58.6 Å². The molecule has 0 bridgehead atoms. The Morgan fingerprint density at radius 1 is 1.05 bits per heavy atom. The summed E-state index contributed by atoms with van der Waals surface area (Å²) in [6, 6.07) is 0.0920. The molecule has 7 nitrogen and oxygen atoms in total. The first-order valence-electron chi connectivity index (χ1n) is 16.0. The van der Waals surface area contributed by atoms with Crippen LogP contribution in [0.15, 0.2) is 32.4 Å². The van der Waals surface area contributed by atoms with Crippen molar-refractivity contribution in [3.8, 4) is 0 Å². The maximum Gasteiger partial charge on any atom is 0.348 e. The Morgan fingerprint density at radius 2 is 1.80 bits per heavy atom. The van der Waals surface area contributed by atoms with Crippen LogP contribution in [0.2, 0.25) is 0 Å². The highest BCUT2D eigenvalue weighted by Crippen LogP contribution is 2.60. The molecule has 0 saturated heterocycles. The Labute approximate surface area is 245 Å². The van der Waals surface area contributed by atoms with Gasteiger partial charge in [0.15, 0.2) is 0 Å². The summed E-state index contributed by atoms with van der Waals surface area (Å²) in [5.74, 6) is 2.61. The van der Waals surface area contributed by atoms with E-state index in [0.29, 0.717) is 30.2 Å². The van der Waals surface area contributed by atoms with Crippen molar-refractivity contribution in [2.75, 3.05) is 0 Å². The van der Waals surface area contributed by atoms with Crippen LogP contribution in [0.1, 0.15) is 97.9 Å². The molecule has 0 amide bonds. The zero-order valence-electron chi connectivity index (χ0n) is 25.3. The van der Waals surface area contributed by atoms with Crippen LogP contribution in [0.5, 0.6) is 0 Å². The summed E-state index contributed by atoms with van der Waals surface area (Å²) >= 11 is 0. The molecule has 41 heavy (non-hydrogen) atoms. The highest BCUT2D eigenvalue weighted by atomic mass is 16.3. The van der Waals surface area contributed by atoms with Crippen molar-refractivity contribution in [3.05, 3.63) is 75.5 Å². The smallest absolute Gasteiger partial charge is 0.348 e. The Kier molecular flexibility index (Phi) is 8.08. The van der Waals surface area contributed by atoms with Gasteiger partial charge in [0.05, 0.1) is 30.8 Å². The Balaban J connectivity index is 1.38. The Bertz CT molecular complexity index is 1310. The molecule has 1 aliphatic heterocycles. The normalized spacial score (nSPS) is 35.7. The standard InChI is InChI=1S/C34H48N3O4/c1-21(2)9-7-10-22(3)28-14-15-29-23(11-8-16-34(28,29)4)17-30-26-18-25(38)19-31(39)27(26)20-35-32(40)36(33(41)37(30)35)24-12-5-6-13-24/h5-6,12-13,17,21-22,25,28-31,38-39H,7-11,14-16,18-20H2,1-4H3/b23-17+. The molecule has 5 aliphatic rings. The second-order valence-electron chi connectivity index (χ2n) is 14.2. The second-order valence-corrected chi connectivity index (χ2v) is 14.2. The number of aromatic nitrogens is 3. The van der Waals surface area contributed by atoms with E-state index in [-0.39, 0.29) is 29.8 Å². The van der Waals surface area contributed by atoms with E-state index < -0.39 is 18.2 Å². The van der Waals surface area contributed by atoms with Gasteiger partial charge in [-0.3, -0.25) is 0 Å². The number of allylic oxidation sites excluding steroid dienone is 2. The molecule has 223 valence electrons. The van der Waals surface area contributed by atoms with Crippen molar-refractivity contribution in [2.45, 2.75) is 117 Å². The molecule has 0 aromatic carbocycles. The summed E-state index contributed by atoms with van der Waals surface area (Å²) in [6.45, 7) is 9.77. The van der Waals surface area contributed by atoms with Crippen LogP contribution in [0.3, 0.4) is 0 Å². The SMILES string of the molecule is CC(C)CCCC(C)C1CCC2/C(=C/C3C4=C(Cn5c(=O)n([C]6[CH][CH][CH][CH]6)c(=O)n53)C(O)CC(O)C4)CCCC21C. The van der Waals surface area contributed by atoms with E-state index in [0.717, 1.165) is 29.9 Å². The first-order chi connectivity index (χ1) is 19.6. The first-order valence-corrected chi connectivity index (χ1v) is 16.0. The topological polar surface area (TPSA) is 89.4 Å².